The Hall–Kier alpha value is -0.0800. The summed E-state index contributed by atoms with van der Waals surface area (Å²) >= 11 is 0. The van der Waals surface area contributed by atoms with Gasteiger partial charge < -0.3 is 10.2 Å². The minimum absolute atomic E-state index is 0.485. The van der Waals surface area contributed by atoms with Gasteiger partial charge in [0.2, 0.25) is 0 Å². The fourth-order valence-corrected chi connectivity index (χ4v) is 3.07. The molecule has 0 atom stereocenters. The molecule has 2 nitrogen and oxygen atoms in total. The Kier molecular flexibility index (Phi) is 19.9. The maximum atomic E-state index is 8.72. The molecule has 0 aliphatic rings. The van der Waals surface area contributed by atoms with E-state index in [2.05, 4.69) is 13.3 Å². The lowest BCUT2D eigenvalue weighted by Crippen LogP contribution is -2.03. The van der Waals surface area contributed by atoms with E-state index in [-0.39, 0.29) is 0 Å². The first-order valence-corrected chi connectivity index (χ1v) is 10.4. The third kappa shape index (κ3) is 21.9. The van der Waals surface area contributed by atoms with Crippen LogP contribution in [0.4, 0.5) is 0 Å². The van der Waals surface area contributed by atoms with Gasteiger partial charge in [-0.1, -0.05) is 110 Å². The van der Waals surface area contributed by atoms with E-state index in [1.807, 2.05) is 0 Å². The first kappa shape index (κ1) is 22.9. The Morgan fingerprint density at radius 1 is 0.565 bits per heavy atom. The van der Waals surface area contributed by atoms with Crippen molar-refractivity contribution in [1.82, 2.24) is 0 Å². The maximum Gasteiger partial charge on any atom is 0.151 e. The third-order valence-electron chi connectivity index (χ3n) is 4.64. The topological polar surface area (TPSA) is 40.5 Å². The van der Waals surface area contributed by atoms with Crippen LogP contribution < -0.4 is 0 Å². The van der Waals surface area contributed by atoms with Crippen LogP contribution in [0.5, 0.6) is 0 Å². The summed E-state index contributed by atoms with van der Waals surface area (Å²) in [6.45, 7) is 2.28. The molecule has 0 saturated heterocycles. The number of aliphatic hydroxyl groups is 2. The van der Waals surface area contributed by atoms with E-state index < -0.39 is 6.29 Å². The van der Waals surface area contributed by atoms with Crippen LogP contribution in [-0.2, 0) is 0 Å². The number of hydrogen-bond donors (Lipinski definition) is 2. The van der Waals surface area contributed by atoms with Crippen LogP contribution in [0.15, 0.2) is 0 Å². The summed E-state index contributed by atoms with van der Waals surface area (Å²) in [5.74, 6) is 0. The van der Waals surface area contributed by atoms with E-state index in [0.29, 0.717) is 6.42 Å². The SMILES string of the molecule is CCCCCCCCCCCCCCCCC[CH]CCC(O)O. The largest absolute Gasteiger partial charge is 0.368 e. The van der Waals surface area contributed by atoms with Gasteiger partial charge >= 0.3 is 0 Å². The highest BCUT2D eigenvalue weighted by Gasteiger charge is 1.97. The highest BCUT2D eigenvalue weighted by atomic mass is 16.5. The van der Waals surface area contributed by atoms with Crippen molar-refractivity contribution in [2.24, 2.45) is 0 Å². The molecule has 0 rings (SSSR count). The third-order valence-corrected chi connectivity index (χ3v) is 4.64. The van der Waals surface area contributed by atoms with Gasteiger partial charge in [0.15, 0.2) is 6.29 Å². The molecular weight excluding hydrogens is 284 g/mol. The molecule has 0 saturated carbocycles. The first-order chi connectivity index (χ1) is 11.3. The summed E-state index contributed by atoms with van der Waals surface area (Å²) < 4.78 is 0. The molecule has 139 valence electrons. The minimum atomic E-state index is -1.13. The Labute approximate surface area is 146 Å². The quantitative estimate of drug-likeness (QED) is 0.209. The summed E-state index contributed by atoms with van der Waals surface area (Å²) in [5.41, 5.74) is 0. The molecule has 2 heteroatoms. The predicted molar refractivity (Wildman–Crippen MR) is 101 cm³/mol. The fourth-order valence-electron chi connectivity index (χ4n) is 3.07. The van der Waals surface area contributed by atoms with Gasteiger partial charge in [-0.3, -0.25) is 0 Å². The smallest absolute Gasteiger partial charge is 0.151 e. The van der Waals surface area contributed by atoms with E-state index in [1.54, 1.807) is 0 Å². The van der Waals surface area contributed by atoms with E-state index in [1.165, 1.54) is 96.3 Å². The van der Waals surface area contributed by atoms with Gasteiger partial charge in [0.1, 0.15) is 0 Å². The van der Waals surface area contributed by atoms with Gasteiger partial charge in [-0.2, -0.15) is 0 Å². The summed E-state index contributed by atoms with van der Waals surface area (Å²) in [6, 6.07) is 0. The van der Waals surface area contributed by atoms with Gasteiger partial charge in [-0.15, -0.1) is 0 Å². The lowest BCUT2D eigenvalue weighted by molar-refractivity contribution is -0.0449. The predicted octanol–water partition coefficient (Wildman–Crippen LogP) is 6.54. The molecule has 23 heavy (non-hydrogen) atoms. The molecule has 0 aromatic rings. The van der Waals surface area contributed by atoms with E-state index in [4.69, 9.17) is 10.2 Å². The summed E-state index contributed by atoms with van der Waals surface area (Å²) in [6.07, 6.45) is 24.6. The molecule has 1 radical (unpaired) electrons. The standard InChI is InChI=1S/C21H43O2/c1-2-3-4-5-6-7-8-9-10-11-12-13-14-15-16-17-18-19-20-21(22)23/h18,21-23H,2-17,19-20H2,1H3. The summed E-state index contributed by atoms with van der Waals surface area (Å²) in [5, 5.41) is 17.4. The highest BCUT2D eigenvalue weighted by molar-refractivity contribution is 4.64. The van der Waals surface area contributed by atoms with Crippen molar-refractivity contribution in [2.45, 2.75) is 129 Å². The molecule has 0 unspecified atom stereocenters. The molecule has 0 spiro atoms. The summed E-state index contributed by atoms with van der Waals surface area (Å²) in [4.78, 5) is 0. The zero-order chi connectivity index (χ0) is 17.0. The Morgan fingerprint density at radius 3 is 1.35 bits per heavy atom. The highest BCUT2D eigenvalue weighted by Crippen LogP contribution is 2.14. The van der Waals surface area contributed by atoms with Crippen molar-refractivity contribution < 1.29 is 10.2 Å². The van der Waals surface area contributed by atoms with Gasteiger partial charge in [0.05, 0.1) is 0 Å². The number of rotatable bonds is 19. The molecule has 0 bridgehead atoms. The van der Waals surface area contributed by atoms with E-state index >= 15 is 0 Å². The lowest BCUT2D eigenvalue weighted by atomic mass is 10.0. The van der Waals surface area contributed by atoms with Crippen molar-refractivity contribution in [2.75, 3.05) is 0 Å². The van der Waals surface area contributed by atoms with Gasteiger partial charge in [0.25, 0.3) is 0 Å². The average Bonchev–Trinajstić information content (AvgIpc) is 2.53. The van der Waals surface area contributed by atoms with Crippen LogP contribution in [0, 0.1) is 6.42 Å². The van der Waals surface area contributed by atoms with Crippen LogP contribution in [0.3, 0.4) is 0 Å². The molecule has 0 aliphatic carbocycles. The van der Waals surface area contributed by atoms with Crippen LogP contribution in [0.25, 0.3) is 0 Å². The molecule has 0 heterocycles. The van der Waals surface area contributed by atoms with E-state index in [9.17, 15) is 0 Å². The minimum Gasteiger partial charge on any atom is -0.368 e. The second kappa shape index (κ2) is 20.0. The van der Waals surface area contributed by atoms with Gasteiger partial charge in [0, 0.05) is 0 Å². The van der Waals surface area contributed by atoms with Crippen molar-refractivity contribution in [3.05, 3.63) is 6.42 Å². The molecule has 2 N–H and O–H groups in total. The maximum absolute atomic E-state index is 8.72. The van der Waals surface area contributed by atoms with Crippen molar-refractivity contribution in [3.63, 3.8) is 0 Å². The van der Waals surface area contributed by atoms with Crippen LogP contribution in [0.2, 0.25) is 0 Å². The lowest BCUT2D eigenvalue weighted by Gasteiger charge is -2.04. The summed E-state index contributed by atoms with van der Waals surface area (Å²) in [7, 11) is 0. The molecule has 0 aromatic heterocycles. The second-order valence-electron chi connectivity index (χ2n) is 7.09. The number of hydrogen-bond acceptors (Lipinski definition) is 2. The Balaban J connectivity index is 2.95. The zero-order valence-electron chi connectivity index (χ0n) is 15.8. The molecular formula is C21H43O2. The first-order valence-electron chi connectivity index (χ1n) is 10.4. The Bertz CT molecular complexity index is 204. The number of aliphatic hydroxyl groups excluding tert-OH is 1. The average molecular weight is 328 g/mol. The van der Waals surface area contributed by atoms with Gasteiger partial charge in [-0.05, 0) is 19.3 Å². The van der Waals surface area contributed by atoms with Crippen LogP contribution in [0.1, 0.15) is 122 Å². The number of unbranched alkanes of at least 4 members (excludes halogenated alkanes) is 17. The van der Waals surface area contributed by atoms with Gasteiger partial charge in [-0.25, -0.2) is 0 Å². The second-order valence-corrected chi connectivity index (χ2v) is 7.09. The molecule has 0 amide bonds. The Morgan fingerprint density at radius 2 is 0.957 bits per heavy atom. The van der Waals surface area contributed by atoms with Crippen molar-refractivity contribution >= 4 is 0 Å². The van der Waals surface area contributed by atoms with Crippen molar-refractivity contribution in [1.29, 1.82) is 0 Å². The normalized spacial score (nSPS) is 11.5. The van der Waals surface area contributed by atoms with Crippen LogP contribution >= 0.6 is 0 Å². The van der Waals surface area contributed by atoms with Crippen LogP contribution in [-0.4, -0.2) is 16.5 Å². The fraction of sp³-hybridized carbons (Fsp3) is 0.952. The van der Waals surface area contributed by atoms with Crippen molar-refractivity contribution in [3.8, 4) is 0 Å². The molecule has 0 aromatic carbocycles. The molecule has 0 fully saturated rings. The zero-order valence-corrected chi connectivity index (χ0v) is 15.8. The molecule has 0 aliphatic heterocycles. The monoisotopic (exact) mass is 327 g/mol. The van der Waals surface area contributed by atoms with E-state index in [0.717, 1.165) is 12.8 Å².